The summed E-state index contributed by atoms with van der Waals surface area (Å²) in [5.41, 5.74) is 2.66. The van der Waals surface area contributed by atoms with Crippen molar-refractivity contribution >= 4 is 16.9 Å². The number of aromatic nitrogens is 4. The van der Waals surface area contributed by atoms with Crippen molar-refractivity contribution < 1.29 is 9.32 Å². The Kier molecular flexibility index (Phi) is 4.52. The van der Waals surface area contributed by atoms with Gasteiger partial charge in [0, 0.05) is 17.7 Å². The summed E-state index contributed by atoms with van der Waals surface area (Å²) in [5.74, 6) is 0.481. The number of nitrogens with one attached hydrogen (secondary N) is 2. The summed E-state index contributed by atoms with van der Waals surface area (Å²) in [6.07, 6.45) is 0. The van der Waals surface area contributed by atoms with E-state index >= 15 is 0 Å². The Hall–Kier alpha value is -3.68. The van der Waals surface area contributed by atoms with Gasteiger partial charge >= 0.3 is 5.69 Å². The summed E-state index contributed by atoms with van der Waals surface area (Å²) < 4.78 is 6.98. The Morgan fingerprint density at radius 3 is 2.79 bits per heavy atom. The molecule has 0 unspecified atom stereocenters. The minimum absolute atomic E-state index is 0.152. The first-order valence-electron chi connectivity index (χ1n) is 8.99. The Labute approximate surface area is 160 Å². The molecule has 142 valence electrons. The number of amides is 1. The van der Waals surface area contributed by atoms with E-state index in [4.69, 9.17) is 4.52 Å². The van der Waals surface area contributed by atoms with Gasteiger partial charge in [-0.05, 0) is 44.2 Å². The largest absolute Gasteiger partial charge is 0.341 e. The van der Waals surface area contributed by atoms with Crippen LogP contribution < -0.4 is 11.0 Å². The third-order valence-electron chi connectivity index (χ3n) is 4.54. The highest BCUT2D eigenvalue weighted by molar-refractivity contribution is 5.94. The van der Waals surface area contributed by atoms with Crippen LogP contribution in [0.2, 0.25) is 0 Å². The standard InChI is InChI=1S/C20H19N5O3/c1-3-25-16-10-9-14(11-15(16)22-20(25)27)17-23-19(28-24-17)12(2)21-18(26)13-7-5-4-6-8-13/h4-12H,3H2,1-2H3,(H,21,26)(H,22,27)/t12-/m1/s1. The number of nitrogens with zero attached hydrogens (tertiary/aromatic N) is 3. The van der Waals surface area contributed by atoms with Crippen LogP contribution in [0.1, 0.15) is 36.1 Å². The Bertz CT molecular complexity index is 1190. The van der Waals surface area contributed by atoms with Crippen molar-refractivity contribution in [1.29, 1.82) is 0 Å². The highest BCUT2D eigenvalue weighted by Gasteiger charge is 2.18. The fraction of sp³-hybridized carbons (Fsp3) is 0.200. The number of rotatable bonds is 5. The first kappa shape index (κ1) is 17.7. The number of hydrogen-bond acceptors (Lipinski definition) is 5. The van der Waals surface area contributed by atoms with Crippen LogP contribution in [0.3, 0.4) is 0 Å². The third-order valence-corrected chi connectivity index (χ3v) is 4.54. The number of aromatic amines is 1. The summed E-state index contributed by atoms with van der Waals surface area (Å²) >= 11 is 0. The van der Waals surface area contributed by atoms with Crippen LogP contribution in [0, 0.1) is 0 Å². The van der Waals surface area contributed by atoms with Crippen molar-refractivity contribution in [3.63, 3.8) is 0 Å². The van der Waals surface area contributed by atoms with E-state index in [-0.39, 0.29) is 11.6 Å². The number of benzene rings is 2. The molecule has 1 atom stereocenters. The lowest BCUT2D eigenvalue weighted by molar-refractivity contribution is 0.0932. The number of carbonyl (C=O) groups excluding carboxylic acids is 1. The zero-order valence-electron chi connectivity index (χ0n) is 15.5. The van der Waals surface area contributed by atoms with Gasteiger partial charge in [0.15, 0.2) is 0 Å². The molecule has 0 radical (unpaired) electrons. The lowest BCUT2D eigenvalue weighted by Gasteiger charge is -2.09. The number of aryl methyl sites for hydroxylation is 1. The molecule has 2 heterocycles. The van der Waals surface area contributed by atoms with Crippen LogP contribution in [-0.4, -0.2) is 25.6 Å². The lowest BCUT2D eigenvalue weighted by atomic mass is 10.2. The van der Waals surface area contributed by atoms with Crippen molar-refractivity contribution in [3.05, 3.63) is 70.5 Å². The van der Waals surface area contributed by atoms with Crippen molar-refractivity contribution in [3.8, 4) is 11.4 Å². The number of imidazole rings is 1. The van der Waals surface area contributed by atoms with Gasteiger partial charge in [-0.15, -0.1) is 0 Å². The van der Waals surface area contributed by atoms with Crippen molar-refractivity contribution in [1.82, 2.24) is 25.0 Å². The molecule has 2 aromatic heterocycles. The smallest absolute Gasteiger partial charge is 0.326 e. The van der Waals surface area contributed by atoms with Crippen LogP contribution in [0.15, 0.2) is 57.8 Å². The zero-order chi connectivity index (χ0) is 19.7. The number of H-pyrrole nitrogens is 1. The van der Waals surface area contributed by atoms with E-state index in [1.54, 1.807) is 35.8 Å². The molecule has 0 aliphatic heterocycles. The van der Waals surface area contributed by atoms with Gasteiger partial charge in [-0.1, -0.05) is 23.4 Å². The molecular weight excluding hydrogens is 358 g/mol. The molecule has 8 nitrogen and oxygen atoms in total. The van der Waals surface area contributed by atoms with Gasteiger partial charge < -0.3 is 14.8 Å². The van der Waals surface area contributed by atoms with E-state index in [2.05, 4.69) is 20.4 Å². The number of hydrogen-bond donors (Lipinski definition) is 2. The first-order chi connectivity index (χ1) is 13.6. The monoisotopic (exact) mass is 377 g/mol. The third kappa shape index (κ3) is 3.20. The molecule has 2 aromatic carbocycles. The Balaban J connectivity index is 1.56. The molecule has 2 N–H and O–H groups in total. The molecule has 0 aliphatic carbocycles. The topological polar surface area (TPSA) is 106 Å². The fourth-order valence-corrected chi connectivity index (χ4v) is 3.08. The van der Waals surface area contributed by atoms with Crippen LogP contribution in [0.25, 0.3) is 22.4 Å². The maximum Gasteiger partial charge on any atom is 0.326 e. The zero-order valence-corrected chi connectivity index (χ0v) is 15.5. The maximum absolute atomic E-state index is 12.3. The normalized spacial score (nSPS) is 12.2. The summed E-state index contributed by atoms with van der Waals surface area (Å²) in [7, 11) is 0. The van der Waals surface area contributed by atoms with E-state index in [1.165, 1.54) is 0 Å². The second kappa shape index (κ2) is 7.15. The van der Waals surface area contributed by atoms with Gasteiger partial charge in [-0.25, -0.2) is 4.79 Å². The molecule has 0 fully saturated rings. The van der Waals surface area contributed by atoms with Crippen LogP contribution in [-0.2, 0) is 6.54 Å². The average Bonchev–Trinajstić information content (AvgIpc) is 3.32. The molecule has 4 aromatic rings. The predicted molar refractivity (Wildman–Crippen MR) is 104 cm³/mol. The molecule has 0 aliphatic rings. The molecule has 0 saturated heterocycles. The summed E-state index contributed by atoms with van der Waals surface area (Å²) in [5, 5.41) is 6.85. The minimum atomic E-state index is -0.446. The van der Waals surface area contributed by atoms with Gasteiger partial charge in [0.1, 0.15) is 6.04 Å². The fourth-order valence-electron chi connectivity index (χ4n) is 3.08. The molecular formula is C20H19N5O3. The van der Waals surface area contributed by atoms with E-state index in [0.29, 0.717) is 34.9 Å². The molecule has 28 heavy (non-hydrogen) atoms. The van der Waals surface area contributed by atoms with E-state index in [0.717, 1.165) is 5.52 Å². The Morgan fingerprint density at radius 2 is 2.04 bits per heavy atom. The molecule has 1 amide bonds. The average molecular weight is 377 g/mol. The Morgan fingerprint density at radius 1 is 1.25 bits per heavy atom. The van der Waals surface area contributed by atoms with Gasteiger partial charge in [0.05, 0.1) is 11.0 Å². The molecule has 0 spiro atoms. The molecule has 4 rings (SSSR count). The van der Waals surface area contributed by atoms with Gasteiger partial charge in [-0.2, -0.15) is 4.98 Å². The highest BCUT2D eigenvalue weighted by atomic mass is 16.5. The SMILES string of the molecule is CCn1c(=O)[nH]c2cc(-c3noc([C@@H](C)NC(=O)c4ccccc4)n3)ccc21. The molecule has 0 saturated carbocycles. The summed E-state index contributed by atoms with van der Waals surface area (Å²) in [6, 6.07) is 14.0. The highest BCUT2D eigenvalue weighted by Crippen LogP contribution is 2.22. The van der Waals surface area contributed by atoms with Crippen molar-refractivity contribution in [2.24, 2.45) is 0 Å². The molecule has 0 bridgehead atoms. The van der Waals surface area contributed by atoms with Gasteiger partial charge in [0.2, 0.25) is 11.7 Å². The van der Waals surface area contributed by atoms with Crippen LogP contribution in [0.5, 0.6) is 0 Å². The molecule has 8 heteroatoms. The second-order valence-corrected chi connectivity index (χ2v) is 6.42. The first-order valence-corrected chi connectivity index (χ1v) is 8.99. The minimum Gasteiger partial charge on any atom is -0.341 e. The van der Waals surface area contributed by atoms with Gasteiger partial charge in [-0.3, -0.25) is 9.36 Å². The lowest BCUT2D eigenvalue weighted by Crippen LogP contribution is -2.26. The van der Waals surface area contributed by atoms with Gasteiger partial charge in [0.25, 0.3) is 5.91 Å². The number of carbonyl (C=O) groups is 1. The summed E-state index contributed by atoms with van der Waals surface area (Å²) in [6.45, 7) is 4.28. The van der Waals surface area contributed by atoms with Crippen LogP contribution >= 0.6 is 0 Å². The van der Waals surface area contributed by atoms with Crippen molar-refractivity contribution in [2.75, 3.05) is 0 Å². The van der Waals surface area contributed by atoms with Crippen LogP contribution in [0.4, 0.5) is 0 Å². The van der Waals surface area contributed by atoms with E-state index < -0.39 is 6.04 Å². The quantitative estimate of drug-likeness (QED) is 0.556. The van der Waals surface area contributed by atoms with E-state index in [9.17, 15) is 9.59 Å². The predicted octanol–water partition coefficient (Wildman–Crippen LogP) is 2.89. The van der Waals surface area contributed by atoms with E-state index in [1.807, 2.05) is 31.2 Å². The van der Waals surface area contributed by atoms with Crippen molar-refractivity contribution in [2.45, 2.75) is 26.4 Å². The second-order valence-electron chi connectivity index (χ2n) is 6.42. The maximum atomic E-state index is 12.3. The summed E-state index contributed by atoms with van der Waals surface area (Å²) in [4.78, 5) is 31.4. The number of fused-ring (bicyclic) bond motifs is 1.